The molecule has 0 aromatic carbocycles. The Morgan fingerprint density at radius 2 is 2.18 bits per heavy atom. The third-order valence-electron chi connectivity index (χ3n) is 5.52. The Morgan fingerprint density at radius 3 is 2.65 bits per heavy atom. The van der Waals surface area contributed by atoms with Gasteiger partial charge in [-0.25, -0.2) is 0 Å². The predicted molar refractivity (Wildman–Crippen MR) is 67.0 cm³/mol. The molecule has 0 heterocycles. The normalized spacial score (nSPS) is 39.8. The largest absolute Gasteiger partial charge is 0.409 e. The third-order valence-corrected chi connectivity index (χ3v) is 5.52. The summed E-state index contributed by atoms with van der Waals surface area (Å²) in [6.45, 7) is 7.66. The highest BCUT2D eigenvalue weighted by molar-refractivity contribution is 5.79. The van der Waals surface area contributed by atoms with Crippen molar-refractivity contribution in [1.29, 1.82) is 0 Å². The van der Waals surface area contributed by atoms with Crippen LogP contribution in [0.2, 0.25) is 0 Å². The summed E-state index contributed by atoms with van der Waals surface area (Å²) in [6, 6.07) is 0. The molecule has 0 radical (unpaired) electrons. The van der Waals surface area contributed by atoms with E-state index in [1.54, 1.807) is 0 Å². The van der Waals surface area contributed by atoms with Gasteiger partial charge in [-0.1, -0.05) is 25.9 Å². The Bertz CT molecular complexity index is 327. The van der Waals surface area contributed by atoms with Gasteiger partial charge in [0.15, 0.2) is 0 Å². The first-order valence-electron chi connectivity index (χ1n) is 6.50. The molecule has 2 aliphatic carbocycles. The minimum absolute atomic E-state index is 0.248. The highest BCUT2D eigenvalue weighted by Gasteiger charge is 2.61. The molecule has 2 fully saturated rings. The van der Waals surface area contributed by atoms with Crippen LogP contribution in [0.15, 0.2) is 5.16 Å². The summed E-state index contributed by atoms with van der Waals surface area (Å²) < 4.78 is 5.98. The van der Waals surface area contributed by atoms with Crippen molar-refractivity contribution in [2.75, 3.05) is 6.61 Å². The molecule has 3 N–H and O–H groups in total. The Kier molecular flexibility index (Phi) is 3.10. The summed E-state index contributed by atoms with van der Waals surface area (Å²) in [5.41, 5.74) is 6.12. The van der Waals surface area contributed by atoms with Gasteiger partial charge in [-0.2, -0.15) is 0 Å². The topological polar surface area (TPSA) is 67.8 Å². The fourth-order valence-corrected chi connectivity index (χ4v) is 3.74. The average Bonchev–Trinajstić information content (AvgIpc) is 2.61. The van der Waals surface area contributed by atoms with E-state index in [2.05, 4.69) is 25.9 Å². The van der Waals surface area contributed by atoms with Gasteiger partial charge in [0.2, 0.25) is 0 Å². The number of nitrogens with two attached hydrogens (primary N) is 1. The van der Waals surface area contributed by atoms with Crippen molar-refractivity contribution in [3.05, 3.63) is 0 Å². The lowest BCUT2D eigenvalue weighted by Crippen LogP contribution is -2.37. The van der Waals surface area contributed by atoms with Crippen molar-refractivity contribution in [1.82, 2.24) is 0 Å². The van der Waals surface area contributed by atoms with Crippen LogP contribution in [0.3, 0.4) is 0 Å². The lowest BCUT2D eigenvalue weighted by molar-refractivity contribution is -0.0439. The number of fused-ring (bicyclic) bond motifs is 2. The van der Waals surface area contributed by atoms with Crippen LogP contribution in [-0.4, -0.2) is 23.8 Å². The van der Waals surface area contributed by atoms with Crippen molar-refractivity contribution in [2.24, 2.45) is 27.6 Å². The molecule has 17 heavy (non-hydrogen) atoms. The first-order chi connectivity index (χ1) is 7.91. The van der Waals surface area contributed by atoms with Crippen LogP contribution in [0.5, 0.6) is 0 Å². The van der Waals surface area contributed by atoms with E-state index in [0.717, 1.165) is 5.92 Å². The monoisotopic (exact) mass is 240 g/mol. The van der Waals surface area contributed by atoms with E-state index in [4.69, 9.17) is 15.7 Å². The van der Waals surface area contributed by atoms with Crippen LogP contribution in [0.1, 0.15) is 46.5 Å². The first kappa shape index (κ1) is 12.7. The van der Waals surface area contributed by atoms with Gasteiger partial charge < -0.3 is 15.7 Å². The van der Waals surface area contributed by atoms with E-state index in [9.17, 15) is 0 Å². The molecule has 0 spiro atoms. The number of amidine groups is 1. The Labute approximate surface area is 103 Å². The molecule has 2 saturated carbocycles. The van der Waals surface area contributed by atoms with Gasteiger partial charge in [-0.3, -0.25) is 0 Å². The zero-order valence-corrected chi connectivity index (χ0v) is 11.1. The average molecular weight is 240 g/mol. The highest BCUT2D eigenvalue weighted by atomic mass is 16.5. The van der Waals surface area contributed by atoms with Crippen LogP contribution in [0.25, 0.3) is 0 Å². The minimum atomic E-state index is 0.248. The summed E-state index contributed by atoms with van der Waals surface area (Å²) in [7, 11) is 0. The molecule has 3 unspecified atom stereocenters. The van der Waals surface area contributed by atoms with Gasteiger partial charge >= 0.3 is 0 Å². The second-order valence-electron chi connectivity index (χ2n) is 6.31. The Balaban J connectivity index is 1.92. The van der Waals surface area contributed by atoms with Gasteiger partial charge in [0, 0.05) is 6.42 Å². The number of rotatable bonds is 4. The van der Waals surface area contributed by atoms with E-state index in [1.807, 2.05) is 0 Å². The summed E-state index contributed by atoms with van der Waals surface area (Å²) in [5, 5.41) is 11.4. The molecule has 0 aromatic heterocycles. The zero-order valence-electron chi connectivity index (χ0n) is 11.1. The fourth-order valence-electron chi connectivity index (χ4n) is 3.74. The maximum absolute atomic E-state index is 8.47. The minimum Gasteiger partial charge on any atom is -0.409 e. The SMILES string of the molecule is CC1(C)C2CCC1(C)C(OCCC(N)=NO)C2. The van der Waals surface area contributed by atoms with E-state index in [1.165, 1.54) is 19.3 Å². The molecule has 3 atom stereocenters. The summed E-state index contributed by atoms with van der Waals surface area (Å²) >= 11 is 0. The number of hydrogen-bond donors (Lipinski definition) is 2. The second kappa shape index (κ2) is 4.16. The van der Waals surface area contributed by atoms with Crippen LogP contribution in [0, 0.1) is 16.7 Å². The molecule has 2 rings (SSSR count). The van der Waals surface area contributed by atoms with Crippen LogP contribution in [-0.2, 0) is 4.74 Å². The Hall–Kier alpha value is -0.770. The summed E-state index contributed by atoms with van der Waals surface area (Å²) in [4.78, 5) is 0. The number of nitrogens with zero attached hydrogens (tertiary/aromatic N) is 1. The van der Waals surface area contributed by atoms with Crippen LogP contribution < -0.4 is 5.73 Å². The van der Waals surface area contributed by atoms with Gasteiger partial charge in [-0.05, 0) is 36.0 Å². The van der Waals surface area contributed by atoms with Gasteiger partial charge in [-0.15, -0.1) is 0 Å². The molecule has 0 aliphatic heterocycles. The van der Waals surface area contributed by atoms with E-state index in [-0.39, 0.29) is 5.84 Å². The fraction of sp³-hybridized carbons (Fsp3) is 0.923. The van der Waals surface area contributed by atoms with Crippen molar-refractivity contribution >= 4 is 5.84 Å². The first-order valence-corrected chi connectivity index (χ1v) is 6.50. The van der Waals surface area contributed by atoms with E-state index < -0.39 is 0 Å². The van der Waals surface area contributed by atoms with Crippen molar-refractivity contribution < 1.29 is 9.94 Å². The lowest BCUT2D eigenvalue weighted by Gasteiger charge is -2.38. The van der Waals surface area contributed by atoms with Gasteiger partial charge in [0.05, 0.1) is 12.7 Å². The number of oxime groups is 1. The molecule has 0 amide bonds. The van der Waals surface area contributed by atoms with Gasteiger partial charge in [0.1, 0.15) is 5.84 Å². The Morgan fingerprint density at radius 1 is 1.47 bits per heavy atom. The van der Waals surface area contributed by atoms with Crippen LogP contribution in [0.4, 0.5) is 0 Å². The molecular weight excluding hydrogens is 216 g/mol. The molecule has 0 saturated heterocycles. The molecule has 4 nitrogen and oxygen atoms in total. The smallest absolute Gasteiger partial charge is 0.141 e. The van der Waals surface area contributed by atoms with Crippen molar-refractivity contribution in [3.8, 4) is 0 Å². The molecular formula is C13H24N2O2. The summed E-state index contributed by atoms with van der Waals surface area (Å²) in [6.07, 6.45) is 4.61. The highest BCUT2D eigenvalue weighted by Crippen LogP contribution is 2.66. The van der Waals surface area contributed by atoms with Crippen molar-refractivity contribution in [2.45, 2.75) is 52.6 Å². The standard InChI is InChI=1S/C13H24N2O2/c1-12(2)9-4-6-13(12,3)10(8-9)17-7-5-11(14)15-16/h9-10,16H,4-8H2,1-3H3,(H2,14,15). The maximum Gasteiger partial charge on any atom is 0.141 e. The number of ether oxygens (including phenoxy) is 1. The molecule has 0 aromatic rings. The van der Waals surface area contributed by atoms with Crippen LogP contribution >= 0.6 is 0 Å². The molecule has 2 bridgehead atoms. The zero-order chi connectivity index (χ0) is 12.7. The van der Waals surface area contributed by atoms with Crippen molar-refractivity contribution in [3.63, 3.8) is 0 Å². The lowest BCUT2D eigenvalue weighted by atomic mass is 9.70. The van der Waals surface area contributed by atoms with E-state index in [0.29, 0.717) is 30.0 Å². The summed E-state index contributed by atoms with van der Waals surface area (Å²) in [5.74, 6) is 1.04. The third kappa shape index (κ3) is 1.82. The van der Waals surface area contributed by atoms with E-state index >= 15 is 0 Å². The molecule has 2 aliphatic rings. The second-order valence-corrected chi connectivity index (χ2v) is 6.31. The van der Waals surface area contributed by atoms with Gasteiger partial charge in [0.25, 0.3) is 0 Å². The molecule has 4 heteroatoms. The molecule has 98 valence electrons. The quantitative estimate of drug-likeness (QED) is 0.343. The predicted octanol–water partition coefficient (Wildman–Crippen LogP) is 2.35. The maximum atomic E-state index is 8.47. The number of hydrogen-bond acceptors (Lipinski definition) is 3.